The summed E-state index contributed by atoms with van der Waals surface area (Å²) in [6.07, 6.45) is 1.39. The highest BCUT2D eigenvalue weighted by Gasteiger charge is 2.11. The largest absolute Gasteiger partial charge is 0.294 e. The summed E-state index contributed by atoms with van der Waals surface area (Å²) in [5.41, 5.74) is 6.93. The van der Waals surface area contributed by atoms with Gasteiger partial charge in [0.15, 0.2) is 5.78 Å². The Morgan fingerprint density at radius 2 is 1.50 bits per heavy atom. The van der Waals surface area contributed by atoms with Gasteiger partial charge in [0, 0.05) is 12.0 Å². The third-order valence-electron chi connectivity index (χ3n) is 4.02. The molecule has 0 radical (unpaired) electrons. The SMILES string of the molecule is Cc1cc(C)c(C(=O)CCc2ccccc2C)cc1C. The minimum atomic E-state index is 0.244. The third-order valence-corrected chi connectivity index (χ3v) is 4.02. The topological polar surface area (TPSA) is 17.1 Å². The second kappa shape index (κ2) is 6.04. The molecule has 2 rings (SSSR count). The number of aryl methyl sites for hydroxylation is 5. The Kier molecular flexibility index (Phi) is 4.39. The fourth-order valence-electron chi connectivity index (χ4n) is 2.53. The van der Waals surface area contributed by atoms with E-state index in [-0.39, 0.29) is 5.78 Å². The van der Waals surface area contributed by atoms with Crippen LogP contribution in [0.2, 0.25) is 0 Å². The second-order valence-electron chi connectivity index (χ2n) is 5.60. The van der Waals surface area contributed by atoms with Crippen LogP contribution in [0, 0.1) is 27.7 Å². The number of hydrogen-bond acceptors (Lipinski definition) is 1. The molecule has 0 aliphatic carbocycles. The fourth-order valence-corrected chi connectivity index (χ4v) is 2.53. The summed E-state index contributed by atoms with van der Waals surface area (Å²) in [7, 11) is 0. The van der Waals surface area contributed by atoms with Crippen LogP contribution in [0.4, 0.5) is 0 Å². The first-order valence-corrected chi connectivity index (χ1v) is 7.14. The molecule has 0 heterocycles. The average molecular weight is 266 g/mol. The van der Waals surface area contributed by atoms with E-state index in [0.717, 1.165) is 17.5 Å². The molecule has 0 saturated carbocycles. The Morgan fingerprint density at radius 3 is 2.20 bits per heavy atom. The summed E-state index contributed by atoms with van der Waals surface area (Å²) in [6.45, 7) is 8.27. The van der Waals surface area contributed by atoms with Crippen molar-refractivity contribution in [2.24, 2.45) is 0 Å². The summed E-state index contributed by atoms with van der Waals surface area (Å²) in [5.74, 6) is 0.244. The molecule has 1 nitrogen and oxygen atoms in total. The van der Waals surface area contributed by atoms with E-state index in [9.17, 15) is 4.79 Å². The van der Waals surface area contributed by atoms with Crippen LogP contribution in [0.25, 0.3) is 0 Å². The Balaban J connectivity index is 2.13. The van der Waals surface area contributed by atoms with Crippen molar-refractivity contribution in [1.82, 2.24) is 0 Å². The van der Waals surface area contributed by atoms with E-state index in [1.54, 1.807) is 0 Å². The van der Waals surface area contributed by atoms with Crippen LogP contribution >= 0.6 is 0 Å². The molecule has 104 valence electrons. The summed E-state index contributed by atoms with van der Waals surface area (Å²) < 4.78 is 0. The minimum Gasteiger partial charge on any atom is -0.294 e. The number of rotatable bonds is 4. The van der Waals surface area contributed by atoms with Gasteiger partial charge in [0.2, 0.25) is 0 Å². The highest BCUT2D eigenvalue weighted by Crippen LogP contribution is 2.18. The Bertz CT molecular complexity index is 638. The molecule has 0 fully saturated rings. The maximum atomic E-state index is 12.4. The van der Waals surface area contributed by atoms with Gasteiger partial charge in [-0.1, -0.05) is 30.3 Å². The number of benzene rings is 2. The number of hydrogen-bond donors (Lipinski definition) is 0. The quantitative estimate of drug-likeness (QED) is 0.731. The second-order valence-corrected chi connectivity index (χ2v) is 5.60. The third kappa shape index (κ3) is 3.16. The summed E-state index contributed by atoms with van der Waals surface area (Å²) in [6, 6.07) is 12.4. The molecule has 0 bridgehead atoms. The molecular weight excluding hydrogens is 244 g/mol. The predicted molar refractivity (Wildman–Crippen MR) is 84.5 cm³/mol. The van der Waals surface area contributed by atoms with Crippen LogP contribution in [-0.2, 0) is 6.42 Å². The average Bonchev–Trinajstić information content (AvgIpc) is 2.41. The normalized spacial score (nSPS) is 10.6. The molecule has 0 amide bonds. The lowest BCUT2D eigenvalue weighted by Crippen LogP contribution is -2.05. The van der Waals surface area contributed by atoms with Gasteiger partial charge in [-0.25, -0.2) is 0 Å². The van der Waals surface area contributed by atoms with Crippen molar-refractivity contribution < 1.29 is 4.79 Å². The number of Topliss-reactive ketones (excluding diaryl/α,β-unsaturated/α-hetero) is 1. The first-order chi connectivity index (χ1) is 9.49. The molecule has 0 aromatic heterocycles. The van der Waals surface area contributed by atoms with Gasteiger partial charge in [-0.15, -0.1) is 0 Å². The molecule has 0 atom stereocenters. The number of carbonyl (C=O) groups excluding carboxylic acids is 1. The van der Waals surface area contributed by atoms with E-state index in [4.69, 9.17) is 0 Å². The Hall–Kier alpha value is -1.89. The fraction of sp³-hybridized carbons (Fsp3) is 0.316. The molecule has 0 aliphatic rings. The van der Waals surface area contributed by atoms with E-state index >= 15 is 0 Å². The van der Waals surface area contributed by atoms with Crippen molar-refractivity contribution in [2.75, 3.05) is 0 Å². The first kappa shape index (κ1) is 14.5. The Labute approximate surface area is 121 Å². The molecule has 0 saturated heterocycles. The molecular formula is C19H22O. The lowest BCUT2D eigenvalue weighted by atomic mass is 9.94. The highest BCUT2D eigenvalue weighted by atomic mass is 16.1. The molecule has 2 aromatic rings. The van der Waals surface area contributed by atoms with E-state index in [0.29, 0.717) is 6.42 Å². The zero-order valence-corrected chi connectivity index (χ0v) is 12.8. The van der Waals surface area contributed by atoms with E-state index in [1.807, 2.05) is 25.1 Å². The Morgan fingerprint density at radius 1 is 0.850 bits per heavy atom. The number of carbonyl (C=O) groups is 1. The molecule has 0 N–H and O–H groups in total. The minimum absolute atomic E-state index is 0.244. The van der Waals surface area contributed by atoms with Gasteiger partial charge >= 0.3 is 0 Å². The summed E-state index contributed by atoms with van der Waals surface area (Å²) >= 11 is 0. The van der Waals surface area contributed by atoms with Crippen molar-refractivity contribution in [3.63, 3.8) is 0 Å². The van der Waals surface area contributed by atoms with Crippen LogP contribution in [0.3, 0.4) is 0 Å². The summed E-state index contributed by atoms with van der Waals surface area (Å²) in [5, 5.41) is 0. The van der Waals surface area contributed by atoms with Gasteiger partial charge in [0.1, 0.15) is 0 Å². The maximum absolute atomic E-state index is 12.4. The van der Waals surface area contributed by atoms with Crippen molar-refractivity contribution in [2.45, 2.75) is 40.5 Å². The van der Waals surface area contributed by atoms with Gasteiger partial charge in [0.05, 0.1) is 0 Å². The van der Waals surface area contributed by atoms with Crippen molar-refractivity contribution in [1.29, 1.82) is 0 Å². The molecule has 0 unspecified atom stereocenters. The van der Waals surface area contributed by atoms with Gasteiger partial charge in [-0.2, -0.15) is 0 Å². The smallest absolute Gasteiger partial charge is 0.163 e. The lowest BCUT2D eigenvalue weighted by Gasteiger charge is -2.10. The zero-order valence-electron chi connectivity index (χ0n) is 12.8. The summed E-state index contributed by atoms with van der Waals surface area (Å²) in [4.78, 5) is 12.4. The van der Waals surface area contributed by atoms with Gasteiger partial charge in [-0.05, 0) is 68.0 Å². The number of ketones is 1. The molecule has 2 aromatic carbocycles. The van der Waals surface area contributed by atoms with Crippen molar-refractivity contribution >= 4 is 5.78 Å². The van der Waals surface area contributed by atoms with Crippen LogP contribution < -0.4 is 0 Å². The zero-order chi connectivity index (χ0) is 14.7. The van der Waals surface area contributed by atoms with Crippen molar-refractivity contribution in [3.8, 4) is 0 Å². The molecule has 0 spiro atoms. The maximum Gasteiger partial charge on any atom is 0.163 e. The molecule has 0 aliphatic heterocycles. The monoisotopic (exact) mass is 266 g/mol. The van der Waals surface area contributed by atoms with Gasteiger partial charge in [0.25, 0.3) is 0 Å². The molecule has 20 heavy (non-hydrogen) atoms. The van der Waals surface area contributed by atoms with Crippen LogP contribution in [-0.4, -0.2) is 5.78 Å². The van der Waals surface area contributed by atoms with Crippen LogP contribution in [0.5, 0.6) is 0 Å². The van der Waals surface area contributed by atoms with Crippen molar-refractivity contribution in [3.05, 3.63) is 69.8 Å². The first-order valence-electron chi connectivity index (χ1n) is 7.14. The van der Waals surface area contributed by atoms with E-state index < -0.39 is 0 Å². The molecule has 1 heteroatoms. The lowest BCUT2D eigenvalue weighted by molar-refractivity contribution is 0.0982. The highest BCUT2D eigenvalue weighted by molar-refractivity contribution is 5.97. The van der Waals surface area contributed by atoms with Gasteiger partial charge in [-0.3, -0.25) is 4.79 Å². The van der Waals surface area contributed by atoms with Gasteiger partial charge < -0.3 is 0 Å². The van der Waals surface area contributed by atoms with E-state index in [1.165, 1.54) is 22.3 Å². The standard InChI is InChI=1S/C19H22O/c1-13-7-5-6-8-17(13)9-10-19(20)18-12-15(3)14(2)11-16(18)4/h5-8,11-12H,9-10H2,1-4H3. The van der Waals surface area contributed by atoms with E-state index in [2.05, 4.69) is 39.0 Å². The predicted octanol–water partition coefficient (Wildman–Crippen LogP) is 4.74. The van der Waals surface area contributed by atoms with Crippen LogP contribution in [0.1, 0.15) is 44.6 Å². The van der Waals surface area contributed by atoms with Crippen LogP contribution in [0.15, 0.2) is 36.4 Å².